The number of amides is 1. The lowest BCUT2D eigenvalue weighted by Gasteiger charge is -2.17. The molecule has 0 aliphatic heterocycles. The van der Waals surface area contributed by atoms with E-state index in [0.717, 1.165) is 18.8 Å². The Morgan fingerprint density at radius 3 is 2.64 bits per heavy atom. The number of hydrogen-bond donors (Lipinski definition) is 1. The number of nitrogens with zero attached hydrogens (tertiary/aromatic N) is 1. The molecule has 0 saturated heterocycles. The Balaban J connectivity index is 3.52. The fourth-order valence-electron chi connectivity index (χ4n) is 1.01. The van der Waals surface area contributed by atoms with Crippen molar-refractivity contribution in [2.24, 2.45) is 0 Å². The van der Waals surface area contributed by atoms with Crippen LogP contribution < -0.4 is 5.32 Å². The molecule has 4 heteroatoms. The molecule has 0 unspecified atom stereocenters. The maximum Gasteiger partial charge on any atom is 0.223 e. The molecule has 0 bridgehead atoms. The highest BCUT2D eigenvalue weighted by atomic mass is 32.2. The molecule has 0 aromatic rings. The van der Waals surface area contributed by atoms with E-state index >= 15 is 0 Å². The number of nitrogens with one attached hydrogen (secondary N) is 1. The van der Waals surface area contributed by atoms with Crippen LogP contribution in [0.4, 0.5) is 0 Å². The van der Waals surface area contributed by atoms with Crippen molar-refractivity contribution < 1.29 is 4.79 Å². The summed E-state index contributed by atoms with van der Waals surface area (Å²) >= 11 is 1.77. The Kier molecular flexibility index (Phi) is 7.99. The summed E-state index contributed by atoms with van der Waals surface area (Å²) < 4.78 is 0. The van der Waals surface area contributed by atoms with Crippen LogP contribution in [0.1, 0.15) is 20.3 Å². The Morgan fingerprint density at radius 1 is 1.50 bits per heavy atom. The molecule has 0 saturated carbocycles. The second-order valence-corrected chi connectivity index (χ2v) is 4.65. The van der Waals surface area contributed by atoms with Gasteiger partial charge in [-0.1, -0.05) is 13.8 Å². The fourth-order valence-corrected chi connectivity index (χ4v) is 1.47. The smallest absolute Gasteiger partial charge is 0.223 e. The van der Waals surface area contributed by atoms with Gasteiger partial charge in [-0.3, -0.25) is 4.79 Å². The monoisotopic (exact) mass is 218 g/mol. The van der Waals surface area contributed by atoms with E-state index in [4.69, 9.17) is 0 Å². The number of rotatable bonds is 7. The first-order valence-corrected chi connectivity index (χ1v) is 6.43. The molecule has 3 nitrogen and oxygen atoms in total. The highest BCUT2D eigenvalue weighted by Gasteiger charge is 2.07. The minimum Gasteiger partial charge on any atom is -0.345 e. The summed E-state index contributed by atoms with van der Waals surface area (Å²) in [5.74, 6) is 1.24. The van der Waals surface area contributed by atoms with E-state index < -0.39 is 0 Å². The molecule has 1 amide bonds. The third-order valence-electron chi connectivity index (χ3n) is 1.95. The van der Waals surface area contributed by atoms with Crippen LogP contribution in [0.3, 0.4) is 0 Å². The van der Waals surface area contributed by atoms with Gasteiger partial charge in [0.25, 0.3) is 0 Å². The van der Waals surface area contributed by atoms with E-state index in [-0.39, 0.29) is 5.91 Å². The Labute approximate surface area is 91.6 Å². The zero-order valence-corrected chi connectivity index (χ0v) is 10.5. The average molecular weight is 218 g/mol. The van der Waals surface area contributed by atoms with Crippen LogP contribution >= 0.6 is 11.8 Å². The van der Waals surface area contributed by atoms with Gasteiger partial charge in [0.2, 0.25) is 5.91 Å². The standard InChI is InChI=1S/C10H22N2OS/c1-9(2)11-6-5-10(13)12(3)7-8-14-4/h9,11H,5-8H2,1-4H3. The zero-order valence-electron chi connectivity index (χ0n) is 9.67. The van der Waals surface area contributed by atoms with E-state index in [2.05, 4.69) is 25.4 Å². The van der Waals surface area contributed by atoms with Crippen LogP contribution in [0.15, 0.2) is 0 Å². The van der Waals surface area contributed by atoms with E-state index in [0.29, 0.717) is 12.5 Å². The molecule has 84 valence electrons. The first kappa shape index (κ1) is 13.8. The minimum atomic E-state index is 0.229. The lowest BCUT2D eigenvalue weighted by atomic mass is 10.3. The molecule has 0 aromatic heterocycles. The molecule has 0 rings (SSSR count). The predicted molar refractivity (Wildman–Crippen MR) is 63.8 cm³/mol. The van der Waals surface area contributed by atoms with Crippen molar-refractivity contribution in [1.29, 1.82) is 0 Å². The average Bonchev–Trinajstić information content (AvgIpc) is 2.13. The molecular weight excluding hydrogens is 196 g/mol. The van der Waals surface area contributed by atoms with E-state index in [1.54, 1.807) is 16.7 Å². The lowest BCUT2D eigenvalue weighted by Crippen LogP contribution is -2.33. The van der Waals surface area contributed by atoms with Crippen molar-refractivity contribution in [1.82, 2.24) is 10.2 Å². The van der Waals surface area contributed by atoms with Gasteiger partial charge in [0, 0.05) is 38.4 Å². The van der Waals surface area contributed by atoms with Crippen molar-refractivity contribution in [3.05, 3.63) is 0 Å². The molecule has 0 spiro atoms. The SMILES string of the molecule is CSCCN(C)C(=O)CCNC(C)C. The van der Waals surface area contributed by atoms with Crippen LogP contribution in [-0.2, 0) is 4.79 Å². The van der Waals surface area contributed by atoms with Crippen molar-refractivity contribution >= 4 is 17.7 Å². The molecular formula is C10H22N2OS. The van der Waals surface area contributed by atoms with Crippen molar-refractivity contribution in [3.63, 3.8) is 0 Å². The van der Waals surface area contributed by atoms with E-state index in [9.17, 15) is 4.79 Å². The molecule has 14 heavy (non-hydrogen) atoms. The largest absolute Gasteiger partial charge is 0.345 e. The molecule has 0 fully saturated rings. The second-order valence-electron chi connectivity index (χ2n) is 3.67. The first-order chi connectivity index (χ1) is 6.57. The van der Waals surface area contributed by atoms with Crippen molar-refractivity contribution in [2.45, 2.75) is 26.3 Å². The van der Waals surface area contributed by atoms with Crippen LogP contribution in [0.5, 0.6) is 0 Å². The van der Waals surface area contributed by atoms with E-state index in [1.165, 1.54) is 0 Å². The Hall–Kier alpha value is -0.220. The van der Waals surface area contributed by atoms with Crippen LogP contribution in [-0.4, -0.2) is 49.0 Å². The van der Waals surface area contributed by atoms with Gasteiger partial charge in [-0.05, 0) is 6.26 Å². The third kappa shape index (κ3) is 7.21. The summed E-state index contributed by atoms with van der Waals surface area (Å²) in [6.45, 7) is 5.80. The number of hydrogen-bond acceptors (Lipinski definition) is 3. The molecule has 0 aliphatic rings. The van der Waals surface area contributed by atoms with Crippen LogP contribution in [0.25, 0.3) is 0 Å². The summed E-state index contributed by atoms with van der Waals surface area (Å²) in [5.41, 5.74) is 0. The maximum atomic E-state index is 11.5. The Morgan fingerprint density at radius 2 is 2.14 bits per heavy atom. The maximum absolute atomic E-state index is 11.5. The first-order valence-electron chi connectivity index (χ1n) is 5.04. The van der Waals surface area contributed by atoms with Gasteiger partial charge in [0.05, 0.1) is 0 Å². The highest BCUT2D eigenvalue weighted by Crippen LogP contribution is 1.95. The van der Waals surface area contributed by atoms with Gasteiger partial charge < -0.3 is 10.2 Å². The van der Waals surface area contributed by atoms with Gasteiger partial charge in [0.1, 0.15) is 0 Å². The molecule has 0 aromatic carbocycles. The summed E-state index contributed by atoms with van der Waals surface area (Å²) in [6, 6.07) is 0.458. The van der Waals surface area contributed by atoms with Gasteiger partial charge in [-0.15, -0.1) is 0 Å². The third-order valence-corrected chi connectivity index (χ3v) is 2.54. The molecule has 0 aliphatic carbocycles. The van der Waals surface area contributed by atoms with Crippen molar-refractivity contribution in [2.75, 3.05) is 32.1 Å². The quantitative estimate of drug-likeness (QED) is 0.697. The molecule has 1 N–H and O–H groups in total. The zero-order chi connectivity index (χ0) is 11.0. The number of carbonyl (C=O) groups excluding carboxylic acids is 1. The molecule has 0 atom stereocenters. The predicted octanol–water partition coefficient (Wildman–Crippen LogP) is 1.20. The second kappa shape index (κ2) is 8.12. The van der Waals surface area contributed by atoms with Gasteiger partial charge in [-0.2, -0.15) is 11.8 Å². The van der Waals surface area contributed by atoms with Crippen LogP contribution in [0.2, 0.25) is 0 Å². The van der Waals surface area contributed by atoms with E-state index in [1.807, 2.05) is 7.05 Å². The minimum absolute atomic E-state index is 0.229. The summed E-state index contributed by atoms with van der Waals surface area (Å²) in [5, 5.41) is 3.23. The van der Waals surface area contributed by atoms with Crippen molar-refractivity contribution in [3.8, 4) is 0 Å². The summed E-state index contributed by atoms with van der Waals surface area (Å²) in [6.07, 6.45) is 2.65. The molecule has 0 heterocycles. The fraction of sp³-hybridized carbons (Fsp3) is 0.900. The molecule has 0 radical (unpaired) electrons. The number of thioether (sulfide) groups is 1. The lowest BCUT2D eigenvalue weighted by molar-refractivity contribution is -0.129. The number of carbonyl (C=O) groups is 1. The summed E-state index contributed by atoms with van der Waals surface area (Å²) in [4.78, 5) is 13.3. The van der Waals surface area contributed by atoms with Gasteiger partial charge in [0.15, 0.2) is 0 Å². The summed E-state index contributed by atoms with van der Waals surface area (Å²) in [7, 11) is 1.87. The topological polar surface area (TPSA) is 32.3 Å². The van der Waals surface area contributed by atoms with Gasteiger partial charge in [-0.25, -0.2) is 0 Å². The Bertz CT molecular complexity index is 162. The van der Waals surface area contributed by atoms with Crippen LogP contribution in [0, 0.1) is 0 Å². The highest BCUT2D eigenvalue weighted by molar-refractivity contribution is 7.98. The normalized spacial score (nSPS) is 10.6. The van der Waals surface area contributed by atoms with Gasteiger partial charge >= 0.3 is 0 Å².